The maximum absolute atomic E-state index is 12.0. The first kappa shape index (κ1) is 14.3. The van der Waals surface area contributed by atoms with Gasteiger partial charge in [-0.2, -0.15) is 0 Å². The van der Waals surface area contributed by atoms with Gasteiger partial charge in [0.15, 0.2) is 0 Å². The van der Waals surface area contributed by atoms with E-state index in [0.717, 1.165) is 5.69 Å². The molecule has 106 valence electrons. The summed E-state index contributed by atoms with van der Waals surface area (Å²) < 4.78 is 1.98. The normalized spacial score (nSPS) is 11.3. The number of carbonyl (C=O) groups excluding carboxylic acids is 1. The lowest BCUT2D eigenvalue weighted by molar-refractivity contribution is 0.0911. The van der Waals surface area contributed by atoms with Crippen LogP contribution in [-0.2, 0) is 0 Å². The predicted octanol–water partition coefficient (Wildman–Crippen LogP) is 2.23. The van der Waals surface area contributed by atoms with Gasteiger partial charge < -0.3 is 15.0 Å². The molecule has 4 nitrogen and oxygen atoms in total. The second-order valence-corrected chi connectivity index (χ2v) is 5.64. The van der Waals surface area contributed by atoms with E-state index in [4.69, 9.17) is 5.11 Å². The molecule has 2 rings (SSSR count). The third-order valence-electron chi connectivity index (χ3n) is 3.19. The van der Waals surface area contributed by atoms with Crippen molar-refractivity contribution in [3.05, 3.63) is 54.4 Å². The largest absolute Gasteiger partial charge is 0.396 e. The maximum atomic E-state index is 12.0. The number of amides is 1. The molecule has 2 N–H and O–H groups in total. The molecule has 0 saturated carbocycles. The molecule has 0 aliphatic rings. The number of rotatable bonds is 5. The lowest BCUT2D eigenvalue weighted by atomic mass is 9.95. The molecular weight excluding hydrogens is 252 g/mol. The topological polar surface area (TPSA) is 54.3 Å². The van der Waals surface area contributed by atoms with Crippen LogP contribution in [-0.4, -0.2) is 28.7 Å². The third-order valence-corrected chi connectivity index (χ3v) is 3.19. The summed E-state index contributed by atoms with van der Waals surface area (Å²) in [4.78, 5) is 12.0. The Morgan fingerprint density at radius 3 is 2.35 bits per heavy atom. The number of carbonyl (C=O) groups is 1. The molecule has 1 aromatic carbocycles. The van der Waals surface area contributed by atoms with Crippen molar-refractivity contribution in [1.82, 2.24) is 9.88 Å². The van der Waals surface area contributed by atoms with Crippen molar-refractivity contribution < 1.29 is 9.90 Å². The SMILES string of the molecule is CC(C)(CO)CNC(=O)c1ccc(-n2cccc2)cc1. The fraction of sp³-hybridized carbons (Fsp3) is 0.312. The summed E-state index contributed by atoms with van der Waals surface area (Å²) in [5.41, 5.74) is 1.33. The zero-order valence-electron chi connectivity index (χ0n) is 11.8. The van der Waals surface area contributed by atoms with Gasteiger partial charge in [0, 0.05) is 42.2 Å². The second kappa shape index (κ2) is 5.92. The monoisotopic (exact) mass is 272 g/mol. The van der Waals surface area contributed by atoms with Crippen LogP contribution < -0.4 is 5.32 Å². The molecule has 0 fully saturated rings. The molecule has 0 radical (unpaired) electrons. The van der Waals surface area contributed by atoms with E-state index in [-0.39, 0.29) is 17.9 Å². The predicted molar refractivity (Wildman–Crippen MR) is 79.0 cm³/mol. The van der Waals surface area contributed by atoms with E-state index in [1.54, 1.807) is 12.1 Å². The van der Waals surface area contributed by atoms with Crippen molar-refractivity contribution in [3.8, 4) is 5.69 Å². The number of hydrogen-bond donors (Lipinski definition) is 2. The molecule has 0 bridgehead atoms. The first-order valence-electron chi connectivity index (χ1n) is 6.64. The number of benzene rings is 1. The molecular formula is C16H20N2O2. The summed E-state index contributed by atoms with van der Waals surface area (Å²) in [6, 6.07) is 11.3. The molecule has 1 aromatic heterocycles. The summed E-state index contributed by atoms with van der Waals surface area (Å²) >= 11 is 0. The van der Waals surface area contributed by atoms with Crippen LogP contribution in [0.4, 0.5) is 0 Å². The van der Waals surface area contributed by atoms with E-state index < -0.39 is 0 Å². The summed E-state index contributed by atoms with van der Waals surface area (Å²) in [5, 5.41) is 12.0. The van der Waals surface area contributed by atoms with Gasteiger partial charge in [-0.1, -0.05) is 13.8 Å². The van der Waals surface area contributed by atoms with Crippen molar-refractivity contribution >= 4 is 5.91 Å². The van der Waals surface area contributed by atoms with Crippen molar-refractivity contribution in [2.24, 2.45) is 5.41 Å². The number of hydrogen-bond acceptors (Lipinski definition) is 2. The van der Waals surface area contributed by atoms with Crippen molar-refractivity contribution in [3.63, 3.8) is 0 Å². The van der Waals surface area contributed by atoms with Crippen LogP contribution in [0.25, 0.3) is 5.69 Å². The summed E-state index contributed by atoms with van der Waals surface area (Å²) in [6.07, 6.45) is 3.91. The quantitative estimate of drug-likeness (QED) is 0.877. The molecule has 0 unspecified atom stereocenters. The third kappa shape index (κ3) is 3.48. The Morgan fingerprint density at radius 2 is 1.80 bits per heavy atom. The molecule has 20 heavy (non-hydrogen) atoms. The first-order chi connectivity index (χ1) is 9.52. The molecule has 4 heteroatoms. The number of aliphatic hydroxyl groups excluding tert-OH is 1. The minimum absolute atomic E-state index is 0.0415. The van der Waals surface area contributed by atoms with Gasteiger partial charge in [0.1, 0.15) is 0 Å². The standard InChI is InChI=1S/C16H20N2O2/c1-16(2,12-19)11-17-15(20)13-5-7-14(8-6-13)18-9-3-4-10-18/h3-10,19H,11-12H2,1-2H3,(H,17,20). The van der Waals surface area contributed by atoms with Gasteiger partial charge in [-0.3, -0.25) is 4.79 Å². The average Bonchev–Trinajstić information content (AvgIpc) is 2.99. The van der Waals surface area contributed by atoms with E-state index >= 15 is 0 Å². The van der Waals surface area contributed by atoms with Crippen LogP contribution in [0.5, 0.6) is 0 Å². The van der Waals surface area contributed by atoms with Crippen LogP contribution in [0.2, 0.25) is 0 Å². The molecule has 1 heterocycles. The van der Waals surface area contributed by atoms with E-state index in [1.165, 1.54) is 0 Å². The molecule has 0 spiro atoms. The van der Waals surface area contributed by atoms with Crippen molar-refractivity contribution in [1.29, 1.82) is 0 Å². The highest BCUT2D eigenvalue weighted by Crippen LogP contribution is 2.13. The zero-order chi connectivity index (χ0) is 14.6. The van der Waals surface area contributed by atoms with Gasteiger partial charge in [-0.05, 0) is 36.4 Å². The molecule has 2 aromatic rings. The van der Waals surface area contributed by atoms with Crippen LogP contribution in [0.15, 0.2) is 48.8 Å². The van der Waals surface area contributed by atoms with Crippen LogP contribution >= 0.6 is 0 Å². The minimum atomic E-state index is -0.305. The first-order valence-corrected chi connectivity index (χ1v) is 6.64. The van der Waals surface area contributed by atoms with Gasteiger partial charge in [0.25, 0.3) is 5.91 Å². The summed E-state index contributed by atoms with van der Waals surface area (Å²) in [5.74, 6) is -0.120. The van der Waals surface area contributed by atoms with Crippen LogP contribution in [0, 0.1) is 5.41 Å². The molecule has 0 saturated heterocycles. The average molecular weight is 272 g/mol. The molecule has 1 amide bonds. The Morgan fingerprint density at radius 1 is 1.20 bits per heavy atom. The van der Waals surface area contributed by atoms with Gasteiger partial charge in [0.2, 0.25) is 0 Å². The van der Waals surface area contributed by atoms with E-state index in [9.17, 15) is 4.79 Å². The van der Waals surface area contributed by atoms with Gasteiger partial charge >= 0.3 is 0 Å². The summed E-state index contributed by atoms with van der Waals surface area (Å²) in [7, 11) is 0. The Bertz CT molecular complexity index is 557. The highest BCUT2D eigenvalue weighted by molar-refractivity contribution is 5.94. The van der Waals surface area contributed by atoms with Gasteiger partial charge in [0.05, 0.1) is 0 Å². The van der Waals surface area contributed by atoms with E-state index in [2.05, 4.69) is 5.32 Å². The molecule has 0 aliphatic heterocycles. The van der Waals surface area contributed by atoms with Gasteiger partial charge in [-0.15, -0.1) is 0 Å². The highest BCUT2D eigenvalue weighted by Gasteiger charge is 2.17. The fourth-order valence-corrected chi connectivity index (χ4v) is 1.77. The Labute approximate surface area is 119 Å². The number of aliphatic hydroxyl groups is 1. The Balaban J connectivity index is 2.01. The smallest absolute Gasteiger partial charge is 0.251 e. The van der Waals surface area contributed by atoms with Crippen LogP contribution in [0.1, 0.15) is 24.2 Å². The van der Waals surface area contributed by atoms with E-state index in [0.29, 0.717) is 12.1 Å². The summed E-state index contributed by atoms with van der Waals surface area (Å²) in [6.45, 7) is 4.30. The lowest BCUT2D eigenvalue weighted by Crippen LogP contribution is -2.36. The highest BCUT2D eigenvalue weighted by atomic mass is 16.3. The number of aromatic nitrogens is 1. The molecule has 0 atom stereocenters. The number of nitrogens with zero attached hydrogens (tertiary/aromatic N) is 1. The minimum Gasteiger partial charge on any atom is -0.396 e. The number of nitrogens with one attached hydrogen (secondary N) is 1. The maximum Gasteiger partial charge on any atom is 0.251 e. The molecule has 0 aliphatic carbocycles. The van der Waals surface area contributed by atoms with Crippen LogP contribution in [0.3, 0.4) is 0 Å². The Kier molecular flexibility index (Phi) is 4.25. The van der Waals surface area contributed by atoms with Crippen molar-refractivity contribution in [2.45, 2.75) is 13.8 Å². The fourth-order valence-electron chi connectivity index (χ4n) is 1.77. The zero-order valence-corrected chi connectivity index (χ0v) is 11.8. The lowest BCUT2D eigenvalue weighted by Gasteiger charge is -2.21. The Hall–Kier alpha value is -2.07. The van der Waals surface area contributed by atoms with Gasteiger partial charge in [-0.25, -0.2) is 0 Å². The second-order valence-electron chi connectivity index (χ2n) is 5.64. The van der Waals surface area contributed by atoms with Crippen molar-refractivity contribution in [2.75, 3.05) is 13.2 Å². The van der Waals surface area contributed by atoms with E-state index in [1.807, 2.05) is 55.1 Å².